The van der Waals surface area contributed by atoms with Crippen molar-refractivity contribution in [3.8, 4) is 11.5 Å². The molecule has 0 saturated carbocycles. The fourth-order valence-electron chi connectivity index (χ4n) is 11.6. The van der Waals surface area contributed by atoms with Crippen LogP contribution in [0.15, 0.2) is 72.8 Å². The second kappa shape index (κ2) is 34.0. The van der Waals surface area contributed by atoms with Crippen molar-refractivity contribution in [3.05, 3.63) is 101 Å². The average molecular weight is 1030 g/mol. The third kappa shape index (κ3) is 20.3. The van der Waals surface area contributed by atoms with Crippen molar-refractivity contribution in [2.24, 2.45) is 0 Å². The molecule has 0 aliphatic carbocycles. The minimum Gasteiger partial charge on any atom is -0.499 e. The maximum Gasteiger partial charge on any atom is 0.200 e. The van der Waals surface area contributed by atoms with Gasteiger partial charge < -0.3 is 18.3 Å². The summed E-state index contributed by atoms with van der Waals surface area (Å²) in [7, 11) is -3.45. The molecule has 0 bridgehead atoms. The second-order valence-electron chi connectivity index (χ2n) is 21.6. The summed E-state index contributed by atoms with van der Waals surface area (Å²) >= 11 is 0. The summed E-state index contributed by atoms with van der Waals surface area (Å²) in [5.41, 5.74) is 8.87. The Bertz CT molecular complexity index is 1560. The number of benzene rings is 3. The zero-order valence-corrected chi connectivity index (χ0v) is 50.5. The third-order valence-corrected chi connectivity index (χ3v) is 27.1. The third-order valence-electron chi connectivity index (χ3n) is 14.9. The van der Waals surface area contributed by atoms with Crippen molar-refractivity contribution in [2.45, 2.75) is 239 Å². The van der Waals surface area contributed by atoms with Crippen LogP contribution in [0.3, 0.4) is 0 Å². The topological polar surface area (TPSA) is 36.9 Å². The quantitative estimate of drug-likeness (QED) is 0.0250. The molecule has 0 heterocycles. The van der Waals surface area contributed by atoms with Gasteiger partial charge in [-0.2, -0.15) is 0 Å². The molecule has 3 rings (SSSR count). The number of hydrogen-bond acceptors (Lipinski definition) is 4. The molecule has 0 N–H and O–H groups in total. The second-order valence-corrected chi connectivity index (χ2v) is 32.6. The van der Waals surface area contributed by atoms with E-state index < -0.39 is 16.6 Å². The Labute approximate surface area is 442 Å². The first-order valence-corrected chi connectivity index (χ1v) is 31.6. The van der Waals surface area contributed by atoms with E-state index >= 15 is 0 Å². The van der Waals surface area contributed by atoms with Crippen molar-refractivity contribution in [2.75, 3.05) is 26.4 Å². The van der Waals surface area contributed by atoms with Gasteiger partial charge in [-0.15, -0.1) is 0 Å². The SMILES string of the molecule is Cc1ccccc1[C-](c1cccc(OCCCCCCCCCCCO[Si](C(C)C)(C(C)C)C(C)C)c1)c1cccc(OCCCCCCCCCCCO[Si](C(C)C)(C(C)C)C(C)C)c1.[Y]. The Balaban J connectivity index is 0.0000154. The zero-order valence-electron chi connectivity index (χ0n) is 45.7. The molecule has 0 aliphatic rings. The summed E-state index contributed by atoms with van der Waals surface area (Å²) in [5, 5.41) is 0. The number of unbranched alkanes of at least 4 members (excludes halogenated alkanes) is 16. The largest absolute Gasteiger partial charge is 0.499 e. The first-order chi connectivity index (χ1) is 31.7. The van der Waals surface area contributed by atoms with Gasteiger partial charge >= 0.3 is 0 Å². The Hall–Kier alpha value is -1.41. The summed E-state index contributed by atoms with van der Waals surface area (Å²) in [4.78, 5) is 0. The first kappa shape index (κ1) is 61.7. The Morgan fingerprint density at radius 3 is 0.985 bits per heavy atom. The van der Waals surface area contributed by atoms with E-state index in [1.165, 1.54) is 131 Å². The fraction of sp³-hybridized carbons (Fsp3) is 0.683. The van der Waals surface area contributed by atoms with Gasteiger partial charge in [0.05, 0.1) is 24.7 Å². The van der Waals surface area contributed by atoms with E-state index in [0.29, 0.717) is 33.2 Å². The first-order valence-electron chi connectivity index (χ1n) is 27.4. The summed E-state index contributed by atoms with van der Waals surface area (Å²) in [6.07, 6.45) is 22.9. The molecule has 0 amide bonds. The van der Waals surface area contributed by atoms with Crippen molar-refractivity contribution in [1.82, 2.24) is 0 Å². The van der Waals surface area contributed by atoms with Crippen LogP contribution in [0.2, 0.25) is 33.2 Å². The summed E-state index contributed by atoms with van der Waals surface area (Å²) in [6, 6.07) is 26.1. The van der Waals surface area contributed by atoms with Gasteiger partial charge in [0, 0.05) is 45.9 Å². The molecule has 67 heavy (non-hydrogen) atoms. The van der Waals surface area contributed by atoms with Crippen molar-refractivity contribution in [3.63, 3.8) is 0 Å². The molecular weight excluding hydrogens is 930 g/mol. The predicted octanol–water partition coefficient (Wildman–Crippen LogP) is 19.2. The Morgan fingerprint density at radius 1 is 0.373 bits per heavy atom. The summed E-state index contributed by atoms with van der Waals surface area (Å²) < 4.78 is 26.3. The van der Waals surface area contributed by atoms with Gasteiger partial charge in [-0.1, -0.05) is 269 Å². The van der Waals surface area contributed by atoms with Crippen LogP contribution in [0.5, 0.6) is 11.5 Å². The van der Waals surface area contributed by atoms with E-state index in [9.17, 15) is 0 Å². The minimum atomic E-state index is -1.72. The average Bonchev–Trinajstić information content (AvgIpc) is 3.27. The van der Waals surface area contributed by atoms with Crippen LogP contribution in [0.4, 0.5) is 0 Å². The molecule has 1 radical (unpaired) electrons. The molecule has 0 atom stereocenters. The number of rotatable bonds is 37. The van der Waals surface area contributed by atoms with Gasteiger partial charge in [-0.05, 0) is 71.1 Å². The van der Waals surface area contributed by atoms with Gasteiger partial charge in [0.15, 0.2) is 16.6 Å². The van der Waals surface area contributed by atoms with E-state index in [1.54, 1.807) is 0 Å². The van der Waals surface area contributed by atoms with Gasteiger partial charge in [0.25, 0.3) is 0 Å². The van der Waals surface area contributed by atoms with Crippen LogP contribution in [0, 0.1) is 12.8 Å². The van der Waals surface area contributed by atoms with E-state index in [4.69, 9.17) is 18.3 Å². The molecular formula is C60H101O4Si2Y-. The van der Waals surface area contributed by atoms with Crippen LogP contribution < -0.4 is 9.47 Å². The molecule has 7 heteroatoms. The van der Waals surface area contributed by atoms with Crippen LogP contribution in [-0.2, 0) is 41.6 Å². The van der Waals surface area contributed by atoms with Crippen LogP contribution in [0.1, 0.15) is 221 Å². The van der Waals surface area contributed by atoms with Gasteiger partial charge in [-0.3, -0.25) is 0 Å². The maximum atomic E-state index is 6.76. The Kier molecular flexibility index (Phi) is 31.4. The predicted molar refractivity (Wildman–Crippen MR) is 293 cm³/mol. The van der Waals surface area contributed by atoms with E-state index in [2.05, 4.69) is 163 Å². The number of hydrogen-bond donors (Lipinski definition) is 0. The number of aryl methyl sites for hydroxylation is 1. The normalized spacial score (nSPS) is 12.3. The molecule has 0 spiro atoms. The van der Waals surface area contributed by atoms with Crippen molar-refractivity contribution in [1.29, 1.82) is 0 Å². The van der Waals surface area contributed by atoms with E-state index in [0.717, 1.165) is 50.8 Å². The fourth-order valence-corrected chi connectivity index (χ4v) is 22.6. The molecule has 4 nitrogen and oxygen atoms in total. The molecule has 0 unspecified atom stereocenters. The van der Waals surface area contributed by atoms with Crippen LogP contribution in [-0.4, -0.2) is 43.1 Å². The monoisotopic (exact) mass is 1030 g/mol. The van der Waals surface area contributed by atoms with Crippen molar-refractivity contribution < 1.29 is 51.0 Å². The summed E-state index contributed by atoms with van der Waals surface area (Å²) in [6.45, 7) is 34.2. The van der Waals surface area contributed by atoms with Crippen molar-refractivity contribution >= 4 is 16.6 Å². The van der Waals surface area contributed by atoms with Crippen LogP contribution in [0.25, 0.3) is 0 Å². The smallest absolute Gasteiger partial charge is 0.200 e. The zero-order chi connectivity index (χ0) is 48.4. The van der Waals surface area contributed by atoms with Gasteiger partial charge in [-0.25, -0.2) is 0 Å². The molecule has 0 saturated heterocycles. The Morgan fingerprint density at radius 2 is 0.672 bits per heavy atom. The van der Waals surface area contributed by atoms with Gasteiger partial charge in [0.1, 0.15) is 0 Å². The minimum absolute atomic E-state index is 0. The molecule has 0 aliphatic heterocycles. The number of ether oxygens (including phenoxy) is 2. The maximum absolute atomic E-state index is 6.76. The standard InChI is InChI=1S/C60H101O4Si2.Y/c1-48(2)65(49(3)4,50(5)6)63-44-32-26-22-18-14-16-20-24-30-42-61-57-39-34-37-55(46-57)60(59-41-29-28-36-54(59)13)56-38-35-40-58(47-56)62-43-31-25-21-17-15-19-23-27-33-45-64-66(51(7)8,52(9)10)53(11)12;/h28-29,34-41,46-53H,14-27,30-33,42-45H2,1-13H3;/q-1;. The van der Waals surface area contributed by atoms with Gasteiger partial charge in [0.2, 0.25) is 0 Å². The molecule has 0 aromatic heterocycles. The van der Waals surface area contributed by atoms with Crippen LogP contribution >= 0.6 is 0 Å². The molecule has 3 aromatic rings. The van der Waals surface area contributed by atoms with E-state index in [-0.39, 0.29) is 32.7 Å². The molecule has 0 fully saturated rings. The molecule has 377 valence electrons. The van der Waals surface area contributed by atoms with E-state index in [1.807, 2.05) is 0 Å². The summed E-state index contributed by atoms with van der Waals surface area (Å²) in [5.74, 6) is 3.10. The molecule has 3 aromatic carbocycles.